The molecule has 1 N–H and O–H groups in total. The first-order chi connectivity index (χ1) is 7.40. The number of nitrogens with zero attached hydrogens (tertiary/aromatic N) is 1. The van der Waals surface area contributed by atoms with Gasteiger partial charge in [0.25, 0.3) is 0 Å². The van der Waals surface area contributed by atoms with E-state index >= 15 is 0 Å². The Labute approximate surface area is 90.4 Å². The Morgan fingerprint density at radius 1 is 1.33 bits per heavy atom. The van der Waals surface area contributed by atoms with Gasteiger partial charge in [0.05, 0.1) is 12.8 Å². The van der Waals surface area contributed by atoms with Crippen molar-refractivity contribution < 1.29 is 4.42 Å². The zero-order valence-electron chi connectivity index (χ0n) is 8.98. The number of likely N-dealkylation sites (tertiary alicyclic amines) is 1. The smallest absolute Gasteiger partial charge is 0.117 e. The van der Waals surface area contributed by atoms with Crippen molar-refractivity contribution in [3.63, 3.8) is 0 Å². The van der Waals surface area contributed by atoms with E-state index in [2.05, 4.69) is 16.3 Å². The van der Waals surface area contributed by atoms with Crippen LogP contribution in [0, 0.1) is 11.8 Å². The van der Waals surface area contributed by atoms with Crippen LogP contribution in [0.3, 0.4) is 0 Å². The van der Waals surface area contributed by atoms with Gasteiger partial charge in [-0.3, -0.25) is 4.90 Å². The molecule has 2 aliphatic rings. The predicted octanol–water partition coefficient (Wildman–Crippen LogP) is 1.32. The third kappa shape index (κ3) is 2.08. The number of furan rings is 1. The Morgan fingerprint density at radius 3 is 2.80 bits per heavy atom. The van der Waals surface area contributed by atoms with Gasteiger partial charge >= 0.3 is 0 Å². The molecule has 3 rings (SSSR count). The molecule has 3 heterocycles. The van der Waals surface area contributed by atoms with E-state index in [0.717, 1.165) is 24.1 Å². The largest absolute Gasteiger partial charge is 0.468 e. The van der Waals surface area contributed by atoms with Crippen molar-refractivity contribution in [2.75, 3.05) is 26.2 Å². The first kappa shape index (κ1) is 9.43. The normalized spacial score (nSPS) is 31.7. The zero-order valence-corrected chi connectivity index (χ0v) is 8.98. The predicted molar refractivity (Wildman–Crippen MR) is 58.5 cm³/mol. The number of hydrogen-bond donors (Lipinski definition) is 1. The second-order valence-corrected chi connectivity index (χ2v) is 4.90. The summed E-state index contributed by atoms with van der Waals surface area (Å²) in [5.74, 6) is 2.81. The highest BCUT2D eigenvalue weighted by atomic mass is 16.3. The van der Waals surface area contributed by atoms with E-state index in [1.54, 1.807) is 6.26 Å². The molecule has 3 heteroatoms. The Morgan fingerprint density at radius 2 is 2.13 bits per heavy atom. The summed E-state index contributed by atoms with van der Waals surface area (Å²) in [6, 6.07) is 4.05. The van der Waals surface area contributed by atoms with Gasteiger partial charge in [0, 0.05) is 13.1 Å². The molecule has 0 aliphatic carbocycles. The van der Waals surface area contributed by atoms with Gasteiger partial charge in [-0.2, -0.15) is 0 Å². The van der Waals surface area contributed by atoms with Gasteiger partial charge in [-0.25, -0.2) is 0 Å². The van der Waals surface area contributed by atoms with Crippen molar-refractivity contribution in [2.24, 2.45) is 11.8 Å². The molecule has 0 amide bonds. The van der Waals surface area contributed by atoms with E-state index in [4.69, 9.17) is 4.42 Å². The Kier molecular flexibility index (Phi) is 2.51. The SMILES string of the molecule is c1coc(CN2C[C@H]3CNC[C@@H](C3)C2)c1. The van der Waals surface area contributed by atoms with Crippen molar-refractivity contribution in [3.05, 3.63) is 24.2 Å². The molecular weight excluding hydrogens is 188 g/mol. The quantitative estimate of drug-likeness (QED) is 0.791. The van der Waals surface area contributed by atoms with Gasteiger partial charge in [0.1, 0.15) is 5.76 Å². The van der Waals surface area contributed by atoms with E-state index < -0.39 is 0 Å². The third-order valence-electron chi connectivity index (χ3n) is 3.53. The first-order valence-corrected chi connectivity index (χ1v) is 5.85. The van der Waals surface area contributed by atoms with E-state index in [9.17, 15) is 0 Å². The number of rotatable bonds is 2. The minimum absolute atomic E-state index is 0.854. The third-order valence-corrected chi connectivity index (χ3v) is 3.53. The maximum Gasteiger partial charge on any atom is 0.117 e. The van der Waals surface area contributed by atoms with Crippen LogP contribution in [-0.2, 0) is 6.54 Å². The van der Waals surface area contributed by atoms with Crippen LogP contribution in [0.25, 0.3) is 0 Å². The summed E-state index contributed by atoms with van der Waals surface area (Å²) in [4.78, 5) is 2.54. The summed E-state index contributed by atoms with van der Waals surface area (Å²) in [5.41, 5.74) is 0. The molecule has 2 atom stereocenters. The molecular formula is C12H18N2O. The fraction of sp³-hybridized carbons (Fsp3) is 0.667. The minimum atomic E-state index is 0.854. The average molecular weight is 206 g/mol. The van der Waals surface area contributed by atoms with E-state index in [1.807, 2.05) is 6.07 Å². The minimum Gasteiger partial charge on any atom is -0.468 e. The van der Waals surface area contributed by atoms with Crippen LogP contribution in [0.1, 0.15) is 12.2 Å². The molecule has 1 aromatic rings. The van der Waals surface area contributed by atoms with E-state index in [-0.39, 0.29) is 0 Å². The molecule has 82 valence electrons. The molecule has 2 saturated heterocycles. The van der Waals surface area contributed by atoms with Gasteiger partial charge in [-0.15, -0.1) is 0 Å². The van der Waals surface area contributed by atoms with Crippen LogP contribution in [0.2, 0.25) is 0 Å². The monoisotopic (exact) mass is 206 g/mol. The van der Waals surface area contributed by atoms with Crippen LogP contribution in [-0.4, -0.2) is 31.1 Å². The fourth-order valence-corrected chi connectivity index (χ4v) is 2.96. The van der Waals surface area contributed by atoms with Crippen molar-refractivity contribution in [2.45, 2.75) is 13.0 Å². The molecule has 15 heavy (non-hydrogen) atoms. The van der Waals surface area contributed by atoms with Gasteiger partial charge in [0.15, 0.2) is 0 Å². The van der Waals surface area contributed by atoms with Gasteiger partial charge < -0.3 is 9.73 Å². The zero-order chi connectivity index (χ0) is 10.1. The highest BCUT2D eigenvalue weighted by Crippen LogP contribution is 2.25. The average Bonchev–Trinajstić information content (AvgIpc) is 2.70. The summed E-state index contributed by atoms with van der Waals surface area (Å²) >= 11 is 0. The van der Waals surface area contributed by atoms with Crippen LogP contribution in [0.15, 0.2) is 22.8 Å². The Bertz CT molecular complexity index is 297. The highest BCUT2D eigenvalue weighted by Gasteiger charge is 2.30. The lowest BCUT2D eigenvalue weighted by Crippen LogP contribution is -2.50. The number of nitrogens with one attached hydrogen (secondary N) is 1. The fourth-order valence-electron chi connectivity index (χ4n) is 2.96. The van der Waals surface area contributed by atoms with E-state index in [1.165, 1.54) is 32.6 Å². The van der Waals surface area contributed by atoms with Crippen molar-refractivity contribution in [3.8, 4) is 0 Å². The molecule has 0 saturated carbocycles. The number of piperidine rings is 2. The van der Waals surface area contributed by atoms with E-state index in [0.29, 0.717) is 0 Å². The highest BCUT2D eigenvalue weighted by molar-refractivity contribution is 4.99. The lowest BCUT2D eigenvalue weighted by atomic mass is 9.86. The maximum atomic E-state index is 5.40. The van der Waals surface area contributed by atoms with Crippen molar-refractivity contribution in [1.82, 2.24) is 10.2 Å². The van der Waals surface area contributed by atoms with Crippen LogP contribution in [0.5, 0.6) is 0 Å². The van der Waals surface area contributed by atoms with Crippen molar-refractivity contribution >= 4 is 0 Å². The molecule has 0 unspecified atom stereocenters. The number of fused-ring (bicyclic) bond motifs is 2. The molecule has 3 nitrogen and oxygen atoms in total. The molecule has 2 bridgehead atoms. The summed E-state index contributed by atoms with van der Waals surface area (Å²) in [7, 11) is 0. The van der Waals surface area contributed by atoms with Gasteiger partial charge in [0.2, 0.25) is 0 Å². The summed E-state index contributed by atoms with van der Waals surface area (Å²) in [5, 5.41) is 3.52. The lowest BCUT2D eigenvalue weighted by molar-refractivity contribution is 0.0862. The summed E-state index contributed by atoms with van der Waals surface area (Å²) < 4.78 is 5.40. The second kappa shape index (κ2) is 3.99. The van der Waals surface area contributed by atoms with Crippen LogP contribution in [0.4, 0.5) is 0 Å². The first-order valence-electron chi connectivity index (χ1n) is 5.85. The van der Waals surface area contributed by atoms with Gasteiger partial charge in [-0.1, -0.05) is 0 Å². The maximum absolute atomic E-state index is 5.40. The lowest BCUT2D eigenvalue weighted by Gasteiger charge is -2.41. The molecule has 2 fully saturated rings. The molecule has 0 aromatic carbocycles. The molecule has 1 aromatic heterocycles. The Balaban J connectivity index is 1.63. The number of hydrogen-bond acceptors (Lipinski definition) is 3. The second-order valence-electron chi connectivity index (χ2n) is 4.90. The van der Waals surface area contributed by atoms with Crippen LogP contribution >= 0.6 is 0 Å². The summed E-state index contributed by atoms with van der Waals surface area (Å²) in [6.07, 6.45) is 3.18. The Hall–Kier alpha value is -0.800. The summed E-state index contributed by atoms with van der Waals surface area (Å²) in [6.45, 7) is 5.84. The van der Waals surface area contributed by atoms with Gasteiger partial charge in [-0.05, 0) is 43.5 Å². The molecule has 0 spiro atoms. The van der Waals surface area contributed by atoms with Crippen LogP contribution < -0.4 is 5.32 Å². The molecule has 2 aliphatic heterocycles. The standard InChI is InChI=1S/C12H18N2O/c1-2-12(15-3-1)9-14-7-10-4-11(8-14)6-13-5-10/h1-3,10-11,13H,4-9H2/t10-,11-/m1/s1. The molecule has 0 radical (unpaired) electrons. The topological polar surface area (TPSA) is 28.4 Å². The van der Waals surface area contributed by atoms with Crippen molar-refractivity contribution in [1.29, 1.82) is 0 Å².